The maximum absolute atomic E-state index is 12.3. The van der Waals surface area contributed by atoms with E-state index in [4.69, 9.17) is 9.39 Å². The quantitative estimate of drug-likeness (QED) is 0.886. The fraction of sp³-hybridized carbons (Fsp3) is 0.0667. The summed E-state index contributed by atoms with van der Waals surface area (Å²) in [5.74, 6) is 0.400. The first-order valence-corrected chi connectivity index (χ1v) is 7.07. The number of para-hydroxylation sites is 1. The molecular formula is C15H12N2O3S+2. The van der Waals surface area contributed by atoms with E-state index in [0.29, 0.717) is 21.8 Å². The Morgan fingerprint density at radius 2 is 1.71 bits per heavy atom. The highest BCUT2D eigenvalue weighted by atomic mass is 32.2. The highest BCUT2D eigenvalue weighted by Crippen LogP contribution is 2.21. The Kier molecular flexibility index (Phi) is 4.92. The maximum Gasteiger partial charge on any atom is 0.389 e. The van der Waals surface area contributed by atoms with E-state index in [1.165, 1.54) is 0 Å². The molecule has 1 N–H and O–H groups in total. The molecule has 2 aromatic carbocycles. The average molecular weight is 300 g/mol. The lowest BCUT2D eigenvalue weighted by Crippen LogP contribution is -2.04. The topological polar surface area (TPSA) is 55.2 Å². The van der Waals surface area contributed by atoms with Crippen LogP contribution in [-0.2, 0) is 11.1 Å². The molecule has 6 heteroatoms. The summed E-state index contributed by atoms with van der Waals surface area (Å²) in [4.78, 5) is 4.16. The molecule has 0 bridgehead atoms. The Balaban J connectivity index is 2.34. The van der Waals surface area contributed by atoms with E-state index in [1.54, 1.807) is 49.5 Å². The molecule has 0 fully saturated rings. The number of hydrogen-bond acceptors (Lipinski definition) is 3. The summed E-state index contributed by atoms with van der Waals surface area (Å²) in [6.07, 6.45) is 0. The van der Waals surface area contributed by atoms with Gasteiger partial charge in [0.25, 0.3) is 7.05 Å². The Morgan fingerprint density at radius 1 is 1.05 bits per heavy atom. The van der Waals surface area contributed by atoms with Crippen LogP contribution in [0.15, 0.2) is 53.4 Å². The smallest absolute Gasteiger partial charge is 0.389 e. The van der Waals surface area contributed by atoms with Crippen molar-refractivity contribution in [1.29, 1.82) is 0 Å². The van der Waals surface area contributed by atoms with Crippen LogP contribution in [0, 0.1) is 12.1 Å². The first-order chi connectivity index (χ1) is 10.3. The van der Waals surface area contributed by atoms with Gasteiger partial charge in [-0.25, -0.2) is 4.21 Å². The van der Waals surface area contributed by atoms with Crippen molar-refractivity contribution in [3.63, 3.8) is 0 Å². The second kappa shape index (κ2) is 7.09. The SMILES string of the molecule is C[N+]#Cc1ccccc1OS(=O)c1ccccc1C#[N+]O. The highest BCUT2D eigenvalue weighted by Gasteiger charge is 2.16. The fourth-order valence-corrected chi connectivity index (χ4v) is 2.52. The van der Waals surface area contributed by atoms with E-state index >= 15 is 0 Å². The van der Waals surface area contributed by atoms with E-state index in [2.05, 4.69) is 22.0 Å². The third-order valence-corrected chi connectivity index (χ3v) is 3.57. The molecule has 0 heterocycles. The molecule has 1 atom stereocenters. The monoisotopic (exact) mass is 300 g/mol. The maximum atomic E-state index is 12.3. The van der Waals surface area contributed by atoms with Crippen LogP contribution in [0.1, 0.15) is 11.1 Å². The number of benzene rings is 2. The molecule has 0 aliphatic rings. The molecule has 0 radical (unpaired) electrons. The molecule has 0 amide bonds. The van der Waals surface area contributed by atoms with Gasteiger partial charge in [-0.05, 0) is 24.3 Å². The van der Waals surface area contributed by atoms with E-state index in [9.17, 15) is 4.21 Å². The number of hydrogen-bond donors (Lipinski definition) is 1. The van der Waals surface area contributed by atoms with Crippen molar-refractivity contribution in [2.24, 2.45) is 0 Å². The third kappa shape index (κ3) is 3.59. The van der Waals surface area contributed by atoms with E-state index in [1.807, 2.05) is 6.07 Å². The highest BCUT2D eigenvalue weighted by molar-refractivity contribution is 7.80. The second-order valence-electron chi connectivity index (χ2n) is 3.86. The number of nitrogens with zero attached hydrogens (tertiary/aromatic N) is 2. The molecule has 2 rings (SSSR count). The summed E-state index contributed by atoms with van der Waals surface area (Å²) in [7, 11) is 1.59. The van der Waals surface area contributed by atoms with Crippen molar-refractivity contribution in [3.05, 3.63) is 69.5 Å². The van der Waals surface area contributed by atoms with Gasteiger partial charge in [0.1, 0.15) is 16.0 Å². The van der Waals surface area contributed by atoms with Crippen LogP contribution in [0.5, 0.6) is 5.75 Å². The van der Waals surface area contributed by atoms with Crippen molar-refractivity contribution in [2.75, 3.05) is 7.05 Å². The van der Waals surface area contributed by atoms with Gasteiger partial charge in [0.15, 0.2) is 5.75 Å². The fourth-order valence-electron chi connectivity index (χ4n) is 1.64. The van der Waals surface area contributed by atoms with Crippen LogP contribution in [0.2, 0.25) is 0 Å². The van der Waals surface area contributed by atoms with Crippen LogP contribution in [0.25, 0.3) is 9.85 Å². The third-order valence-electron chi connectivity index (χ3n) is 2.52. The molecule has 0 aliphatic heterocycles. The van der Waals surface area contributed by atoms with Gasteiger partial charge in [-0.2, -0.15) is 5.21 Å². The molecule has 0 spiro atoms. The molecule has 0 aliphatic carbocycles. The van der Waals surface area contributed by atoms with Gasteiger partial charge >= 0.3 is 12.1 Å². The van der Waals surface area contributed by atoms with Crippen LogP contribution in [0.4, 0.5) is 0 Å². The lowest BCUT2D eigenvalue weighted by atomic mass is 10.2. The minimum Gasteiger partial charge on any atom is -0.395 e. The van der Waals surface area contributed by atoms with E-state index < -0.39 is 11.1 Å². The van der Waals surface area contributed by atoms with Gasteiger partial charge in [0.2, 0.25) is 16.1 Å². The molecular weight excluding hydrogens is 288 g/mol. The molecule has 5 nitrogen and oxygen atoms in total. The Morgan fingerprint density at radius 3 is 2.43 bits per heavy atom. The summed E-state index contributed by atoms with van der Waals surface area (Å²) in [5.41, 5.74) is 0.995. The summed E-state index contributed by atoms with van der Waals surface area (Å²) in [5, 5.41) is 11.4. The minimum atomic E-state index is -1.78. The van der Waals surface area contributed by atoms with Gasteiger partial charge in [0, 0.05) is 0 Å². The Labute approximate surface area is 124 Å². The van der Waals surface area contributed by atoms with Gasteiger partial charge in [0.05, 0.1) is 0 Å². The van der Waals surface area contributed by atoms with Crippen molar-refractivity contribution in [2.45, 2.75) is 4.90 Å². The van der Waals surface area contributed by atoms with Gasteiger partial charge < -0.3 is 4.18 Å². The van der Waals surface area contributed by atoms with Crippen molar-refractivity contribution >= 4 is 11.1 Å². The molecule has 2 aromatic rings. The normalized spacial score (nSPS) is 10.5. The molecule has 0 saturated heterocycles. The first kappa shape index (κ1) is 14.6. The zero-order valence-electron chi connectivity index (χ0n) is 11.2. The average Bonchev–Trinajstić information content (AvgIpc) is 2.50. The molecule has 0 aromatic heterocycles. The lowest BCUT2D eigenvalue weighted by Gasteiger charge is -2.05. The number of rotatable bonds is 3. The predicted octanol–water partition coefficient (Wildman–Crippen LogP) is 3.17. The summed E-state index contributed by atoms with van der Waals surface area (Å²) >= 11 is -1.78. The zero-order chi connectivity index (χ0) is 15.1. The van der Waals surface area contributed by atoms with Gasteiger partial charge in [-0.3, -0.25) is 0 Å². The van der Waals surface area contributed by atoms with E-state index in [-0.39, 0.29) is 0 Å². The molecule has 104 valence electrons. The second-order valence-corrected chi connectivity index (χ2v) is 4.93. The van der Waals surface area contributed by atoms with Crippen molar-refractivity contribution < 1.29 is 13.6 Å². The van der Waals surface area contributed by atoms with E-state index in [0.717, 1.165) is 0 Å². The van der Waals surface area contributed by atoms with Crippen LogP contribution < -0.4 is 4.18 Å². The summed E-state index contributed by atoms with van der Waals surface area (Å²) in [6, 6.07) is 18.8. The van der Waals surface area contributed by atoms with Crippen LogP contribution >= 0.6 is 0 Å². The largest absolute Gasteiger partial charge is 0.395 e. The Hall–Kier alpha value is -2.83. The minimum absolute atomic E-state index is 0.360. The standard InChI is InChI=1S/C15H11N2O3S/c1-16-10-12-6-2-4-8-14(12)20-21(19)15-9-5-3-7-13(15)11-17-18/h2-9H,1H3/q+1/p+1. The van der Waals surface area contributed by atoms with Crippen molar-refractivity contribution in [1.82, 2.24) is 0 Å². The molecule has 0 saturated carbocycles. The van der Waals surface area contributed by atoms with Gasteiger partial charge in [-0.1, -0.05) is 29.1 Å². The predicted molar refractivity (Wildman–Crippen MR) is 80.3 cm³/mol. The van der Waals surface area contributed by atoms with Gasteiger partial charge in [-0.15, -0.1) is 0 Å². The van der Waals surface area contributed by atoms with Crippen molar-refractivity contribution in [3.8, 4) is 17.9 Å². The molecule has 21 heavy (non-hydrogen) atoms. The van der Waals surface area contributed by atoms with Crippen LogP contribution in [0.3, 0.4) is 0 Å². The van der Waals surface area contributed by atoms with Crippen LogP contribution in [-0.4, -0.2) is 16.5 Å². The lowest BCUT2D eigenvalue weighted by molar-refractivity contribution is 0.465. The summed E-state index contributed by atoms with van der Waals surface area (Å²) in [6.45, 7) is 0. The first-order valence-electron chi connectivity index (χ1n) is 5.99. The zero-order valence-corrected chi connectivity index (χ0v) is 12.0. The Bertz CT molecular complexity index is 798. The summed E-state index contributed by atoms with van der Waals surface area (Å²) < 4.78 is 17.8. The molecule has 1 unspecified atom stereocenters.